The zero-order valence-corrected chi connectivity index (χ0v) is 11.6. The van der Waals surface area contributed by atoms with Gasteiger partial charge in [-0.15, -0.1) is 0 Å². The normalized spacial score (nSPS) is 18.8. The predicted octanol–water partition coefficient (Wildman–Crippen LogP) is 3.17. The number of hydrogen-bond acceptors (Lipinski definition) is 2. The minimum atomic E-state index is -0.584. The van der Waals surface area contributed by atoms with Crippen LogP contribution in [0.5, 0.6) is 0 Å². The zero-order chi connectivity index (χ0) is 13.8. The Labute approximate surface area is 117 Å². The highest BCUT2D eigenvalue weighted by Crippen LogP contribution is 2.27. The van der Waals surface area contributed by atoms with E-state index in [0.29, 0.717) is 5.56 Å². The first-order valence-corrected chi connectivity index (χ1v) is 6.99. The van der Waals surface area contributed by atoms with E-state index in [1.165, 1.54) is 25.0 Å². The van der Waals surface area contributed by atoms with Crippen molar-refractivity contribution < 1.29 is 8.78 Å². The number of likely N-dealkylation sites (tertiary alicyclic amines) is 1. The van der Waals surface area contributed by atoms with E-state index in [1.807, 2.05) is 0 Å². The molecule has 1 aromatic carbocycles. The minimum Gasteiger partial charge on any atom is -0.392 e. The fourth-order valence-electron chi connectivity index (χ4n) is 2.61. The summed E-state index contributed by atoms with van der Waals surface area (Å²) < 4.78 is 26.9. The Morgan fingerprint density at radius 2 is 1.79 bits per heavy atom. The molecule has 0 aliphatic carbocycles. The average Bonchev–Trinajstić information content (AvgIpc) is 2.61. The maximum Gasteiger partial charge on any atom is 0.131 e. The molecular weight excluding hydrogens is 266 g/mol. The topological polar surface area (TPSA) is 29.3 Å². The number of thiocarbonyl (C=S) groups is 1. The van der Waals surface area contributed by atoms with Gasteiger partial charge in [0, 0.05) is 11.6 Å². The molecule has 0 spiro atoms. The Balaban J connectivity index is 2.30. The first-order valence-electron chi connectivity index (χ1n) is 6.58. The standard InChI is InChI=1S/C14H18F2N2S/c15-10-5-6-11(12(16)9-10)13(14(17)19)18-7-3-1-2-4-8-18/h5-6,9,13H,1-4,7-8H2,(H2,17,19). The molecule has 1 aliphatic rings. The van der Waals surface area contributed by atoms with Crippen molar-refractivity contribution in [3.8, 4) is 0 Å². The average molecular weight is 284 g/mol. The Bertz CT molecular complexity index is 457. The summed E-state index contributed by atoms with van der Waals surface area (Å²) >= 11 is 5.09. The van der Waals surface area contributed by atoms with Crippen LogP contribution in [0.25, 0.3) is 0 Å². The van der Waals surface area contributed by atoms with E-state index in [-0.39, 0.29) is 4.99 Å². The number of halogens is 2. The number of benzene rings is 1. The molecule has 1 aliphatic heterocycles. The zero-order valence-electron chi connectivity index (χ0n) is 10.7. The molecule has 1 saturated heterocycles. The van der Waals surface area contributed by atoms with Crippen molar-refractivity contribution in [3.63, 3.8) is 0 Å². The first-order chi connectivity index (χ1) is 9.09. The van der Waals surface area contributed by atoms with Gasteiger partial charge in [0.15, 0.2) is 0 Å². The van der Waals surface area contributed by atoms with Crippen molar-refractivity contribution in [2.45, 2.75) is 31.7 Å². The number of hydrogen-bond donors (Lipinski definition) is 1. The molecule has 1 heterocycles. The molecule has 104 valence electrons. The monoisotopic (exact) mass is 284 g/mol. The van der Waals surface area contributed by atoms with Crippen molar-refractivity contribution >= 4 is 17.2 Å². The number of nitrogens with two attached hydrogens (primary N) is 1. The Hall–Kier alpha value is -1.07. The van der Waals surface area contributed by atoms with Gasteiger partial charge >= 0.3 is 0 Å². The lowest BCUT2D eigenvalue weighted by Gasteiger charge is -2.30. The van der Waals surface area contributed by atoms with E-state index in [1.54, 1.807) is 0 Å². The van der Waals surface area contributed by atoms with E-state index in [4.69, 9.17) is 18.0 Å². The van der Waals surface area contributed by atoms with Crippen LogP contribution in [0.1, 0.15) is 37.3 Å². The van der Waals surface area contributed by atoms with Gasteiger partial charge in [0.2, 0.25) is 0 Å². The summed E-state index contributed by atoms with van der Waals surface area (Å²) in [6.45, 7) is 1.69. The molecule has 1 unspecified atom stereocenters. The van der Waals surface area contributed by atoms with E-state index in [0.717, 1.165) is 32.0 Å². The lowest BCUT2D eigenvalue weighted by atomic mass is 10.0. The van der Waals surface area contributed by atoms with Crippen LogP contribution in [0.2, 0.25) is 0 Å². The van der Waals surface area contributed by atoms with Crippen LogP contribution in [0.4, 0.5) is 8.78 Å². The van der Waals surface area contributed by atoms with E-state index < -0.39 is 17.7 Å². The third-order valence-corrected chi connectivity index (χ3v) is 3.76. The summed E-state index contributed by atoms with van der Waals surface area (Å²) in [6, 6.07) is 3.15. The minimum absolute atomic E-state index is 0.243. The molecule has 0 radical (unpaired) electrons. The summed E-state index contributed by atoms with van der Waals surface area (Å²) in [5.74, 6) is -1.17. The van der Waals surface area contributed by atoms with Gasteiger partial charge in [-0.25, -0.2) is 8.78 Å². The third-order valence-electron chi connectivity index (χ3n) is 3.53. The fourth-order valence-corrected chi connectivity index (χ4v) is 2.88. The van der Waals surface area contributed by atoms with Crippen LogP contribution in [0, 0.1) is 11.6 Å². The molecule has 5 heteroatoms. The van der Waals surface area contributed by atoms with Gasteiger partial charge in [-0.3, -0.25) is 4.90 Å². The summed E-state index contributed by atoms with van der Waals surface area (Å²) in [5.41, 5.74) is 6.16. The number of rotatable bonds is 3. The van der Waals surface area contributed by atoms with Crippen LogP contribution in [-0.4, -0.2) is 23.0 Å². The van der Waals surface area contributed by atoms with E-state index in [2.05, 4.69) is 4.90 Å². The Morgan fingerprint density at radius 1 is 1.16 bits per heavy atom. The molecule has 1 fully saturated rings. The van der Waals surface area contributed by atoms with Gasteiger partial charge in [0.05, 0.1) is 11.0 Å². The van der Waals surface area contributed by atoms with E-state index in [9.17, 15) is 8.78 Å². The number of nitrogens with zero attached hydrogens (tertiary/aromatic N) is 1. The lowest BCUT2D eigenvalue weighted by Crippen LogP contribution is -2.38. The smallest absolute Gasteiger partial charge is 0.131 e. The van der Waals surface area contributed by atoms with Gasteiger partial charge in [-0.05, 0) is 32.0 Å². The van der Waals surface area contributed by atoms with Crippen molar-refractivity contribution in [1.82, 2.24) is 4.90 Å². The fraction of sp³-hybridized carbons (Fsp3) is 0.500. The summed E-state index contributed by atoms with van der Waals surface area (Å²) in [7, 11) is 0. The second-order valence-electron chi connectivity index (χ2n) is 4.92. The van der Waals surface area contributed by atoms with Crippen LogP contribution in [0.15, 0.2) is 18.2 Å². The molecule has 0 saturated carbocycles. The molecule has 19 heavy (non-hydrogen) atoms. The van der Waals surface area contributed by atoms with Gasteiger partial charge in [-0.2, -0.15) is 0 Å². The highest BCUT2D eigenvalue weighted by molar-refractivity contribution is 7.80. The summed E-state index contributed by atoms with van der Waals surface area (Å²) in [4.78, 5) is 2.35. The second-order valence-corrected chi connectivity index (χ2v) is 5.39. The second kappa shape index (κ2) is 6.39. The molecule has 2 rings (SSSR count). The van der Waals surface area contributed by atoms with Gasteiger partial charge in [0.25, 0.3) is 0 Å². The van der Waals surface area contributed by atoms with Crippen molar-refractivity contribution in [2.75, 3.05) is 13.1 Å². The molecule has 1 atom stereocenters. The lowest BCUT2D eigenvalue weighted by molar-refractivity contribution is 0.250. The maximum absolute atomic E-state index is 13.9. The third kappa shape index (κ3) is 3.48. The van der Waals surface area contributed by atoms with Crippen LogP contribution in [-0.2, 0) is 0 Å². The van der Waals surface area contributed by atoms with Crippen molar-refractivity contribution in [3.05, 3.63) is 35.4 Å². The Morgan fingerprint density at radius 3 is 2.32 bits per heavy atom. The first kappa shape index (κ1) is 14.3. The van der Waals surface area contributed by atoms with Gasteiger partial charge < -0.3 is 5.73 Å². The quantitative estimate of drug-likeness (QED) is 0.865. The largest absolute Gasteiger partial charge is 0.392 e. The van der Waals surface area contributed by atoms with Crippen LogP contribution < -0.4 is 5.73 Å². The summed E-state index contributed by atoms with van der Waals surface area (Å²) in [5, 5.41) is 0. The maximum atomic E-state index is 13.9. The predicted molar refractivity (Wildman–Crippen MR) is 75.9 cm³/mol. The highest BCUT2D eigenvalue weighted by Gasteiger charge is 2.26. The molecule has 0 aromatic heterocycles. The highest BCUT2D eigenvalue weighted by atomic mass is 32.1. The van der Waals surface area contributed by atoms with Crippen LogP contribution in [0.3, 0.4) is 0 Å². The van der Waals surface area contributed by atoms with Gasteiger partial charge in [0.1, 0.15) is 11.6 Å². The molecule has 2 N–H and O–H groups in total. The molecular formula is C14H18F2N2S. The van der Waals surface area contributed by atoms with E-state index >= 15 is 0 Å². The molecule has 0 bridgehead atoms. The SMILES string of the molecule is NC(=S)C(c1ccc(F)cc1F)N1CCCCCC1. The van der Waals surface area contributed by atoms with Crippen LogP contribution >= 0.6 is 12.2 Å². The summed E-state index contributed by atoms with van der Waals surface area (Å²) in [6.07, 6.45) is 4.46. The van der Waals surface area contributed by atoms with Gasteiger partial charge in [-0.1, -0.05) is 31.1 Å². The van der Waals surface area contributed by atoms with Crippen molar-refractivity contribution in [2.24, 2.45) is 5.73 Å². The van der Waals surface area contributed by atoms with Crippen molar-refractivity contribution in [1.29, 1.82) is 0 Å². The molecule has 1 aromatic rings. The Kier molecular flexibility index (Phi) is 4.82. The molecule has 0 amide bonds. The molecule has 2 nitrogen and oxygen atoms in total.